The monoisotopic (exact) mass is 271 g/mol. The second kappa shape index (κ2) is 4.88. The molecule has 3 rings (SSSR count). The summed E-state index contributed by atoms with van der Waals surface area (Å²) in [6.45, 7) is 0. The van der Waals surface area contributed by atoms with Crippen LogP contribution in [0.4, 0.5) is 0 Å². The van der Waals surface area contributed by atoms with Gasteiger partial charge in [-0.3, -0.25) is 9.78 Å². The lowest BCUT2D eigenvalue weighted by Gasteiger charge is -2.04. The van der Waals surface area contributed by atoms with E-state index in [1.807, 2.05) is 0 Å². The fourth-order valence-electron chi connectivity index (χ4n) is 2.34. The van der Waals surface area contributed by atoms with Gasteiger partial charge in [0.15, 0.2) is 5.82 Å². The summed E-state index contributed by atoms with van der Waals surface area (Å²) < 4.78 is 4.61. The summed E-state index contributed by atoms with van der Waals surface area (Å²) in [5, 5.41) is 0. The van der Waals surface area contributed by atoms with Crippen LogP contribution in [0.25, 0.3) is 11.5 Å². The molecule has 0 amide bonds. The van der Waals surface area contributed by atoms with Crippen LogP contribution in [-0.2, 0) is 17.6 Å². The minimum Gasteiger partial charge on any atom is -0.465 e. The quantitative estimate of drug-likeness (QED) is 0.827. The Balaban J connectivity index is 1.99. The maximum absolute atomic E-state index is 11.9. The molecule has 6 nitrogen and oxygen atoms in total. The molecular weight excluding hydrogens is 258 g/mol. The number of rotatable bonds is 2. The van der Waals surface area contributed by atoms with E-state index in [0.717, 1.165) is 30.5 Å². The first kappa shape index (κ1) is 12.5. The van der Waals surface area contributed by atoms with E-state index in [9.17, 15) is 9.59 Å². The van der Waals surface area contributed by atoms with Gasteiger partial charge in [-0.15, -0.1) is 0 Å². The number of nitrogens with zero attached hydrogens (tertiary/aromatic N) is 2. The Morgan fingerprint density at radius 3 is 2.90 bits per heavy atom. The summed E-state index contributed by atoms with van der Waals surface area (Å²) in [6, 6.07) is 3.24. The van der Waals surface area contributed by atoms with Crippen molar-refractivity contribution in [2.45, 2.75) is 19.3 Å². The lowest BCUT2D eigenvalue weighted by atomic mass is 10.2. The maximum atomic E-state index is 11.9. The zero-order chi connectivity index (χ0) is 14.1. The molecule has 0 radical (unpaired) electrons. The highest BCUT2D eigenvalue weighted by Crippen LogP contribution is 2.19. The van der Waals surface area contributed by atoms with E-state index in [2.05, 4.69) is 19.7 Å². The minimum atomic E-state index is -0.445. The van der Waals surface area contributed by atoms with Gasteiger partial charge in [0, 0.05) is 11.8 Å². The lowest BCUT2D eigenvalue weighted by Crippen LogP contribution is -2.15. The Morgan fingerprint density at radius 2 is 2.20 bits per heavy atom. The lowest BCUT2D eigenvalue weighted by molar-refractivity contribution is 0.0600. The zero-order valence-corrected chi connectivity index (χ0v) is 11.0. The number of fused-ring (bicyclic) bond motifs is 1. The largest absolute Gasteiger partial charge is 0.465 e. The van der Waals surface area contributed by atoms with E-state index in [1.165, 1.54) is 13.3 Å². The summed E-state index contributed by atoms with van der Waals surface area (Å²) in [5.74, 6) is -0.00785. The third-order valence-corrected chi connectivity index (χ3v) is 3.37. The highest BCUT2D eigenvalue weighted by Gasteiger charge is 2.18. The molecule has 1 aliphatic rings. The number of hydrogen-bond donors (Lipinski definition) is 1. The van der Waals surface area contributed by atoms with E-state index >= 15 is 0 Å². The van der Waals surface area contributed by atoms with Gasteiger partial charge in [-0.25, -0.2) is 9.78 Å². The van der Waals surface area contributed by atoms with Crippen LogP contribution in [0, 0.1) is 0 Å². The van der Waals surface area contributed by atoms with Gasteiger partial charge in [-0.05, 0) is 31.4 Å². The maximum Gasteiger partial charge on any atom is 0.339 e. The summed E-state index contributed by atoms with van der Waals surface area (Å²) in [7, 11) is 1.32. The number of aromatic nitrogens is 3. The minimum absolute atomic E-state index is 0.0960. The normalized spacial score (nSPS) is 13.1. The number of carbonyl (C=O) groups excluding carboxylic acids is 1. The molecule has 102 valence electrons. The standard InChI is InChI=1S/C14H13N3O3/c1-20-14(19)8-5-6-11(15-7-8)12-16-10-4-2-3-9(10)13(18)17-12/h5-7H,2-4H2,1H3,(H,16,17,18). The van der Waals surface area contributed by atoms with Crippen LogP contribution in [0.3, 0.4) is 0 Å². The first-order valence-corrected chi connectivity index (χ1v) is 6.36. The summed E-state index contributed by atoms with van der Waals surface area (Å²) in [6.07, 6.45) is 3.98. The van der Waals surface area contributed by atoms with Gasteiger partial charge in [0.05, 0.1) is 18.4 Å². The zero-order valence-electron chi connectivity index (χ0n) is 11.0. The van der Waals surface area contributed by atoms with Crippen LogP contribution < -0.4 is 5.56 Å². The average Bonchev–Trinajstić information content (AvgIpc) is 2.95. The Kier molecular flexibility index (Phi) is 3.06. The van der Waals surface area contributed by atoms with Gasteiger partial charge in [-0.1, -0.05) is 0 Å². The van der Waals surface area contributed by atoms with Gasteiger partial charge in [0.25, 0.3) is 5.56 Å². The number of aromatic amines is 1. The second-order valence-corrected chi connectivity index (χ2v) is 4.62. The van der Waals surface area contributed by atoms with Crippen molar-refractivity contribution in [2.75, 3.05) is 7.11 Å². The molecule has 0 aromatic carbocycles. The van der Waals surface area contributed by atoms with Crippen LogP contribution in [0.1, 0.15) is 28.0 Å². The summed E-state index contributed by atoms with van der Waals surface area (Å²) in [4.78, 5) is 34.6. The number of methoxy groups -OCH3 is 1. The molecule has 2 aromatic heterocycles. The molecule has 1 aliphatic carbocycles. The van der Waals surface area contributed by atoms with Crippen molar-refractivity contribution in [3.8, 4) is 11.5 Å². The third-order valence-electron chi connectivity index (χ3n) is 3.37. The SMILES string of the molecule is COC(=O)c1ccc(-c2nc3c(c(=O)[nH]2)CCC3)nc1. The molecule has 2 aromatic rings. The number of ether oxygens (including phenoxy) is 1. The fraction of sp³-hybridized carbons (Fsp3) is 0.286. The smallest absolute Gasteiger partial charge is 0.339 e. The predicted octanol–water partition coefficient (Wildman–Crippen LogP) is 1.11. The Bertz CT molecular complexity index is 719. The van der Waals surface area contributed by atoms with Gasteiger partial charge >= 0.3 is 5.97 Å². The van der Waals surface area contributed by atoms with Crippen LogP contribution >= 0.6 is 0 Å². The topological polar surface area (TPSA) is 84.9 Å². The first-order chi connectivity index (χ1) is 9.69. The van der Waals surface area contributed by atoms with Gasteiger partial charge in [-0.2, -0.15) is 0 Å². The molecular formula is C14H13N3O3. The molecule has 2 heterocycles. The van der Waals surface area contributed by atoms with E-state index in [4.69, 9.17) is 0 Å². The van der Waals surface area contributed by atoms with Crippen molar-refractivity contribution >= 4 is 5.97 Å². The molecule has 6 heteroatoms. The van der Waals surface area contributed by atoms with Crippen molar-refractivity contribution in [3.63, 3.8) is 0 Å². The summed E-state index contributed by atoms with van der Waals surface area (Å²) >= 11 is 0. The van der Waals surface area contributed by atoms with Crippen LogP contribution in [0.5, 0.6) is 0 Å². The average molecular weight is 271 g/mol. The number of carbonyl (C=O) groups is 1. The third kappa shape index (κ3) is 2.09. The van der Waals surface area contributed by atoms with Crippen LogP contribution in [0.2, 0.25) is 0 Å². The number of esters is 1. The molecule has 20 heavy (non-hydrogen) atoms. The van der Waals surface area contributed by atoms with Crippen molar-refractivity contribution in [3.05, 3.63) is 45.5 Å². The van der Waals surface area contributed by atoms with Gasteiger partial charge < -0.3 is 9.72 Å². The molecule has 0 bridgehead atoms. The highest BCUT2D eigenvalue weighted by atomic mass is 16.5. The molecule has 0 fully saturated rings. The van der Waals surface area contributed by atoms with E-state index in [1.54, 1.807) is 12.1 Å². The van der Waals surface area contributed by atoms with E-state index < -0.39 is 5.97 Å². The molecule has 0 unspecified atom stereocenters. The van der Waals surface area contributed by atoms with Crippen molar-refractivity contribution in [1.82, 2.24) is 15.0 Å². The fourth-order valence-corrected chi connectivity index (χ4v) is 2.34. The molecule has 0 aliphatic heterocycles. The summed E-state index contributed by atoms with van der Waals surface area (Å²) in [5.41, 5.74) is 2.42. The molecule has 1 N–H and O–H groups in total. The molecule has 0 saturated carbocycles. The first-order valence-electron chi connectivity index (χ1n) is 6.36. The number of H-pyrrole nitrogens is 1. The van der Waals surface area contributed by atoms with E-state index in [-0.39, 0.29) is 5.56 Å². The number of aryl methyl sites for hydroxylation is 1. The van der Waals surface area contributed by atoms with Crippen LogP contribution in [-0.4, -0.2) is 28.0 Å². The van der Waals surface area contributed by atoms with Crippen LogP contribution in [0.15, 0.2) is 23.1 Å². The van der Waals surface area contributed by atoms with Crippen molar-refractivity contribution in [1.29, 1.82) is 0 Å². The van der Waals surface area contributed by atoms with Gasteiger partial charge in [0.2, 0.25) is 0 Å². The van der Waals surface area contributed by atoms with Crippen molar-refractivity contribution in [2.24, 2.45) is 0 Å². The number of nitrogens with one attached hydrogen (secondary N) is 1. The van der Waals surface area contributed by atoms with E-state index in [0.29, 0.717) is 17.1 Å². The second-order valence-electron chi connectivity index (χ2n) is 4.62. The molecule has 0 spiro atoms. The number of pyridine rings is 1. The Morgan fingerprint density at radius 1 is 1.35 bits per heavy atom. The van der Waals surface area contributed by atoms with Crippen molar-refractivity contribution < 1.29 is 9.53 Å². The Labute approximate surface area is 114 Å². The molecule has 0 atom stereocenters. The van der Waals surface area contributed by atoms with Gasteiger partial charge in [0.1, 0.15) is 5.69 Å². The molecule has 0 saturated heterocycles. The predicted molar refractivity (Wildman–Crippen MR) is 71.5 cm³/mol. The number of hydrogen-bond acceptors (Lipinski definition) is 5. The highest BCUT2D eigenvalue weighted by molar-refractivity contribution is 5.89. The Hall–Kier alpha value is -2.50.